The van der Waals surface area contributed by atoms with Crippen molar-refractivity contribution in [1.82, 2.24) is 29.7 Å². The Labute approximate surface area is 165 Å². The molecule has 0 saturated heterocycles. The number of nitrogens with zero attached hydrogens (tertiary/aromatic N) is 4. The Morgan fingerprint density at radius 3 is 2.71 bits per heavy atom. The zero-order chi connectivity index (χ0) is 20.2. The number of H-pyrrole nitrogens is 1. The van der Waals surface area contributed by atoms with Gasteiger partial charge in [0.15, 0.2) is 5.56 Å². The lowest BCUT2D eigenvalue weighted by Crippen LogP contribution is -2.35. The second-order valence-corrected chi connectivity index (χ2v) is 8.70. The summed E-state index contributed by atoms with van der Waals surface area (Å²) in [6, 6.07) is 1.68. The van der Waals surface area contributed by atoms with Gasteiger partial charge in [0, 0.05) is 18.7 Å². The number of hydrogen-bond donors (Lipinski definition) is 3. The molecule has 148 valence electrons. The Balaban J connectivity index is 1.96. The number of nitrogens with one attached hydrogen (secondary N) is 2. The van der Waals surface area contributed by atoms with E-state index < -0.39 is 11.5 Å². The lowest BCUT2D eigenvalue weighted by molar-refractivity contribution is 0.0944. The Hall–Kier alpha value is -2.81. The minimum atomic E-state index is -0.683. The molecule has 28 heavy (non-hydrogen) atoms. The van der Waals surface area contributed by atoms with Crippen LogP contribution in [-0.4, -0.2) is 41.4 Å². The first kappa shape index (κ1) is 18.5. The van der Waals surface area contributed by atoms with Crippen LogP contribution in [0.1, 0.15) is 44.0 Å². The van der Waals surface area contributed by atoms with Crippen molar-refractivity contribution in [3.63, 3.8) is 0 Å². The van der Waals surface area contributed by atoms with Crippen molar-refractivity contribution in [2.24, 2.45) is 5.41 Å². The number of rotatable bonds is 4. The van der Waals surface area contributed by atoms with Crippen molar-refractivity contribution in [3.05, 3.63) is 33.2 Å². The average molecular weight is 405 g/mol. The monoisotopic (exact) mass is 404 g/mol. The molecule has 0 aliphatic heterocycles. The molecule has 4 rings (SSSR count). The molecule has 0 bridgehead atoms. The first-order chi connectivity index (χ1) is 13.2. The molecular formula is C18H21ClN6O3. The number of aromatic amines is 1. The second-order valence-electron chi connectivity index (χ2n) is 8.29. The lowest BCUT2D eigenvalue weighted by atomic mass is 9.96. The number of carbonyl (C=O) groups is 1. The van der Waals surface area contributed by atoms with Gasteiger partial charge in [-0.3, -0.25) is 19.3 Å². The zero-order valence-corrected chi connectivity index (χ0v) is 16.5. The van der Waals surface area contributed by atoms with Crippen molar-refractivity contribution in [3.8, 4) is 17.3 Å². The summed E-state index contributed by atoms with van der Waals surface area (Å²) in [6.07, 6.45) is 3.18. The maximum absolute atomic E-state index is 13.0. The molecule has 3 aromatic heterocycles. The number of aromatic hydroxyl groups is 1. The van der Waals surface area contributed by atoms with Crippen LogP contribution in [0.25, 0.3) is 17.0 Å². The number of aromatic nitrogens is 5. The summed E-state index contributed by atoms with van der Waals surface area (Å²) >= 11 is 6.12. The van der Waals surface area contributed by atoms with Crippen molar-refractivity contribution in [1.29, 1.82) is 0 Å². The van der Waals surface area contributed by atoms with Crippen molar-refractivity contribution in [2.75, 3.05) is 0 Å². The normalized spacial score (nSPS) is 14.6. The van der Waals surface area contributed by atoms with Gasteiger partial charge in [-0.2, -0.15) is 14.7 Å². The van der Waals surface area contributed by atoms with E-state index in [-0.39, 0.29) is 22.9 Å². The van der Waals surface area contributed by atoms with Gasteiger partial charge >= 0.3 is 0 Å². The highest BCUT2D eigenvalue weighted by atomic mass is 35.5. The van der Waals surface area contributed by atoms with E-state index >= 15 is 0 Å². The van der Waals surface area contributed by atoms with E-state index in [0.29, 0.717) is 28.6 Å². The van der Waals surface area contributed by atoms with Crippen LogP contribution in [0.5, 0.6) is 5.88 Å². The average Bonchev–Trinajstić information content (AvgIpc) is 3.12. The molecule has 9 nitrogen and oxygen atoms in total. The number of carbonyl (C=O) groups excluding carboxylic acids is 1. The van der Waals surface area contributed by atoms with Crippen molar-refractivity contribution < 1.29 is 9.90 Å². The quantitative estimate of drug-likeness (QED) is 0.616. The maximum Gasteiger partial charge on any atom is 0.291 e. The minimum absolute atomic E-state index is 0.0510. The molecule has 1 saturated carbocycles. The van der Waals surface area contributed by atoms with Gasteiger partial charge in [0.25, 0.3) is 11.5 Å². The Bertz CT molecular complexity index is 1130. The van der Waals surface area contributed by atoms with E-state index in [2.05, 4.69) is 20.6 Å². The molecule has 3 heterocycles. The SMILES string of the molecule is CC(C)(C)Cn1c(O)c(C(=O)NC2CC2)c(=O)n2nc(-c3[nH]ncc3Cl)cc12. The fraction of sp³-hybridized carbons (Fsp3) is 0.444. The van der Waals surface area contributed by atoms with Crippen molar-refractivity contribution >= 4 is 23.2 Å². The highest BCUT2D eigenvalue weighted by molar-refractivity contribution is 6.32. The van der Waals surface area contributed by atoms with E-state index in [9.17, 15) is 14.7 Å². The predicted molar refractivity (Wildman–Crippen MR) is 104 cm³/mol. The topological polar surface area (TPSA) is 117 Å². The molecule has 0 unspecified atom stereocenters. The van der Waals surface area contributed by atoms with Gasteiger partial charge in [0.05, 0.1) is 11.2 Å². The molecule has 10 heteroatoms. The van der Waals surface area contributed by atoms with Gasteiger partial charge in [-0.15, -0.1) is 0 Å². The summed E-state index contributed by atoms with van der Waals surface area (Å²) < 4.78 is 2.66. The summed E-state index contributed by atoms with van der Waals surface area (Å²) in [7, 11) is 0. The van der Waals surface area contributed by atoms with Crippen LogP contribution in [0, 0.1) is 5.41 Å². The zero-order valence-electron chi connectivity index (χ0n) is 15.8. The predicted octanol–water partition coefficient (Wildman–Crippen LogP) is 2.18. The fourth-order valence-corrected chi connectivity index (χ4v) is 3.23. The standard InChI is InChI=1S/C18H21ClN6O3/c1-18(2,3)8-24-12-6-11(14-10(19)7-20-22-14)23-25(12)17(28)13(16(24)27)15(26)21-9-4-5-9/h6-7,9,27H,4-5,8H2,1-3H3,(H,20,22)(H,21,26). The largest absolute Gasteiger partial charge is 0.494 e. The van der Waals surface area contributed by atoms with Gasteiger partial charge in [-0.25, -0.2) is 0 Å². The van der Waals surface area contributed by atoms with Gasteiger partial charge < -0.3 is 10.4 Å². The molecule has 3 aromatic rings. The molecule has 3 N–H and O–H groups in total. The van der Waals surface area contributed by atoms with E-state index in [0.717, 1.165) is 17.4 Å². The first-order valence-corrected chi connectivity index (χ1v) is 9.39. The van der Waals surface area contributed by atoms with Crippen LogP contribution in [-0.2, 0) is 6.54 Å². The molecule has 1 amide bonds. The fourth-order valence-electron chi connectivity index (χ4n) is 3.05. The number of fused-ring (bicyclic) bond motifs is 1. The van der Waals surface area contributed by atoms with Crippen molar-refractivity contribution in [2.45, 2.75) is 46.2 Å². The van der Waals surface area contributed by atoms with Crippen LogP contribution in [0.4, 0.5) is 0 Å². The summed E-state index contributed by atoms with van der Waals surface area (Å²) in [6.45, 7) is 6.35. The van der Waals surface area contributed by atoms with Gasteiger partial charge in [-0.1, -0.05) is 32.4 Å². The molecule has 0 atom stereocenters. The highest BCUT2D eigenvalue weighted by Crippen LogP contribution is 2.29. The van der Waals surface area contributed by atoms with Crippen LogP contribution in [0.15, 0.2) is 17.1 Å². The Kier molecular flexibility index (Phi) is 4.22. The van der Waals surface area contributed by atoms with E-state index in [1.54, 1.807) is 6.07 Å². The molecule has 1 aliphatic carbocycles. The third-order valence-electron chi connectivity index (χ3n) is 4.47. The number of amides is 1. The third kappa shape index (κ3) is 3.26. The molecular weight excluding hydrogens is 384 g/mol. The van der Waals surface area contributed by atoms with Crippen LogP contribution in [0.3, 0.4) is 0 Å². The van der Waals surface area contributed by atoms with E-state index in [4.69, 9.17) is 11.6 Å². The summed E-state index contributed by atoms with van der Waals surface area (Å²) in [5.41, 5.74) is -0.0161. The molecule has 0 radical (unpaired) electrons. The van der Waals surface area contributed by atoms with Gasteiger partial charge in [-0.05, 0) is 18.3 Å². The summed E-state index contributed by atoms with van der Waals surface area (Å²) in [5, 5.41) is 24.9. The third-order valence-corrected chi connectivity index (χ3v) is 4.76. The summed E-state index contributed by atoms with van der Waals surface area (Å²) in [4.78, 5) is 25.6. The smallest absolute Gasteiger partial charge is 0.291 e. The highest BCUT2D eigenvalue weighted by Gasteiger charge is 2.30. The summed E-state index contributed by atoms with van der Waals surface area (Å²) in [5.74, 6) is -0.959. The molecule has 0 spiro atoms. The van der Waals surface area contributed by atoms with E-state index in [1.165, 1.54) is 10.8 Å². The van der Waals surface area contributed by atoms with Gasteiger partial charge in [0.1, 0.15) is 17.0 Å². The van der Waals surface area contributed by atoms with Crippen LogP contribution >= 0.6 is 11.6 Å². The van der Waals surface area contributed by atoms with Gasteiger partial charge in [0.2, 0.25) is 5.88 Å². The minimum Gasteiger partial charge on any atom is -0.494 e. The number of hydrogen-bond acceptors (Lipinski definition) is 5. The Morgan fingerprint density at radius 1 is 1.43 bits per heavy atom. The first-order valence-electron chi connectivity index (χ1n) is 9.01. The van der Waals surface area contributed by atoms with Crippen LogP contribution in [0.2, 0.25) is 5.02 Å². The maximum atomic E-state index is 13.0. The second kappa shape index (κ2) is 6.37. The van der Waals surface area contributed by atoms with E-state index in [1.807, 2.05) is 20.8 Å². The molecule has 1 fully saturated rings. The lowest BCUT2D eigenvalue weighted by Gasteiger charge is -2.23. The molecule has 1 aliphatic rings. The van der Waals surface area contributed by atoms with Crippen LogP contribution < -0.4 is 10.9 Å². The number of halogens is 1. The Morgan fingerprint density at radius 2 is 2.14 bits per heavy atom. The molecule has 0 aromatic carbocycles.